The first-order chi connectivity index (χ1) is 10.1. The highest BCUT2D eigenvalue weighted by Gasteiger charge is 2.26. The van der Waals surface area contributed by atoms with Crippen LogP contribution < -0.4 is 0 Å². The van der Waals surface area contributed by atoms with E-state index < -0.39 is 0 Å². The monoisotopic (exact) mass is 291 g/mol. The molecule has 2 rings (SSSR count). The molecule has 0 unspecified atom stereocenters. The zero-order valence-electron chi connectivity index (χ0n) is 11.9. The summed E-state index contributed by atoms with van der Waals surface area (Å²) in [5.74, 6) is -0.713. The Morgan fingerprint density at radius 3 is 2.43 bits per heavy atom. The van der Waals surface area contributed by atoms with Gasteiger partial charge in [-0.15, -0.1) is 0 Å². The molecule has 0 radical (unpaired) electrons. The van der Waals surface area contributed by atoms with E-state index in [9.17, 15) is 14.0 Å². The molecule has 1 amide bonds. The molecule has 0 aromatic heterocycles. The summed E-state index contributed by atoms with van der Waals surface area (Å²) in [5, 5.41) is 0. The first-order valence-electron chi connectivity index (χ1n) is 6.90. The Morgan fingerprint density at radius 2 is 1.86 bits per heavy atom. The largest absolute Gasteiger partial charge is 0.469 e. The Morgan fingerprint density at radius 1 is 1.24 bits per heavy atom. The number of piperidine rings is 1. The summed E-state index contributed by atoms with van der Waals surface area (Å²) in [6, 6.07) is 5.93. The smallest absolute Gasteiger partial charge is 0.308 e. The Kier molecular flexibility index (Phi) is 5.09. The van der Waals surface area contributed by atoms with Crippen LogP contribution in [0.4, 0.5) is 4.39 Å². The third kappa shape index (κ3) is 4.15. The highest BCUT2D eigenvalue weighted by atomic mass is 19.1. The molecular formula is C16H18FNO3. The number of hydrogen-bond donors (Lipinski definition) is 0. The molecule has 0 spiro atoms. The van der Waals surface area contributed by atoms with Crippen molar-refractivity contribution in [3.05, 3.63) is 41.7 Å². The van der Waals surface area contributed by atoms with Crippen molar-refractivity contribution in [1.29, 1.82) is 0 Å². The van der Waals surface area contributed by atoms with Crippen LogP contribution in [0.3, 0.4) is 0 Å². The van der Waals surface area contributed by atoms with E-state index in [-0.39, 0.29) is 23.6 Å². The summed E-state index contributed by atoms with van der Waals surface area (Å²) < 4.78 is 17.5. The number of rotatable bonds is 3. The molecule has 0 atom stereocenters. The number of esters is 1. The average Bonchev–Trinajstić information content (AvgIpc) is 2.53. The van der Waals surface area contributed by atoms with Gasteiger partial charge in [0, 0.05) is 19.2 Å². The zero-order chi connectivity index (χ0) is 15.2. The van der Waals surface area contributed by atoms with E-state index in [0.717, 1.165) is 5.56 Å². The van der Waals surface area contributed by atoms with Crippen molar-refractivity contribution in [1.82, 2.24) is 4.90 Å². The quantitative estimate of drug-likeness (QED) is 0.634. The fourth-order valence-corrected chi connectivity index (χ4v) is 2.35. The van der Waals surface area contributed by atoms with E-state index in [2.05, 4.69) is 0 Å². The number of amides is 1. The lowest BCUT2D eigenvalue weighted by atomic mass is 9.97. The Balaban J connectivity index is 1.87. The van der Waals surface area contributed by atoms with Crippen molar-refractivity contribution in [3.8, 4) is 0 Å². The average molecular weight is 291 g/mol. The molecule has 112 valence electrons. The third-order valence-corrected chi connectivity index (χ3v) is 3.63. The van der Waals surface area contributed by atoms with Gasteiger partial charge < -0.3 is 9.64 Å². The second kappa shape index (κ2) is 7.02. The van der Waals surface area contributed by atoms with Gasteiger partial charge in [-0.2, -0.15) is 0 Å². The fraction of sp³-hybridized carbons (Fsp3) is 0.375. The van der Waals surface area contributed by atoms with Crippen LogP contribution in [0.5, 0.6) is 0 Å². The molecule has 1 aliphatic rings. The number of ether oxygens (including phenoxy) is 1. The number of nitrogens with zero attached hydrogens (tertiary/aromatic N) is 1. The minimum absolute atomic E-state index is 0.0948. The highest BCUT2D eigenvalue weighted by molar-refractivity contribution is 5.92. The first-order valence-corrected chi connectivity index (χ1v) is 6.90. The lowest BCUT2D eigenvalue weighted by molar-refractivity contribution is -0.148. The van der Waals surface area contributed by atoms with Gasteiger partial charge in [0.1, 0.15) is 5.82 Å². The van der Waals surface area contributed by atoms with Crippen molar-refractivity contribution < 1.29 is 18.7 Å². The van der Waals surface area contributed by atoms with Gasteiger partial charge in [-0.05, 0) is 36.6 Å². The van der Waals surface area contributed by atoms with E-state index in [1.54, 1.807) is 23.1 Å². The molecule has 0 bridgehead atoms. The first kappa shape index (κ1) is 15.2. The Labute approximate surface area is 123 Å². The maximum atomic E-state index is 12.8. The Bertz CT molecular complexity index is 531. The van der Waals surface area contributed by atoms with Crippen molar-refractivity contribution in [2.45, 2.75) is 12.8 Å². The molecule has 1 aliphatic heterocycles. The second-order valence-electron chi connectivity index (χ2n) is 5.01. The van der Waals surface area contributed by atoms with Gasteiger partial charge in [-0.1, -0.05) is 12.1 Å². The zero-order valence-corrected chi connectivity index (χ0v) is 11.9. The molecule has 1 aromatic rings. The summed E-state index contributed by atoms with van der Waals surface area (Å²) in [4.78, 5) is 25.2. The van der Waals surface area contributed by atoms with Crippen molar-refractivity contribution in [2.24, 2.45) is 5.92 Å². The molecule has 1 heterocycles. The summed E-state index contributed by atoms with van der Waals surface area (Å²) >= 11 is 0. The van der Waals surface area contributed by atoms with E-state index in [1.165, 1.54) is 25.3 Å². The molecule has 5 heteroatoms. The molecule has 1 fully saturated rings. The van der Waals surface area contributed by atoms with Crippen LogP contribution in [0.2, 0.25) is 0 Å². The van der Waals surface area contributed by atoms with E-state index in [1.807, 2.05) is 0 Å². The SMILES string of the molecule is COC(=O)C1CCN(C(=O)C=Cc2ccc(F)cc2)CC1. The van der Waals surface area contributed by atoms with Crippen LogP contribution >= 0.6 is 0 Å². The molecular weight excluding hydrogens is 273 g/mol. The van der Waals surface area contributed by atoms with Crippen LogP contribution in [-0.2, 0) is 14.3 Å². The molecule has 21 heavy (non-hydrogen) atoms. The van der Waals surface area contributed by atoms with Gasteiger partial charge in [0.25, 0.3) is 0 Å². The van der Waals surface area contributed by atoms with Gasteiger partial charge in [-0.3, -0.25) is 9.59 Å². The molecule has 4 nitrogen and oxygen atoms in total. The summed E-state index contributed by atoms with van der Waals surface area (Å²) in [6.07, 6.45) is 4.39. The molecule has 1 aromatic carbocycles. The van der Waals surface area contributed by atoms with Crippen molar-refractivity contribution in [3.63, 3.8) is 0 Å². The molecule has 1 saturated heterocycles. The maximum absolute atomic E-state index is 12.8. The Hall–Kier alpha value is -2.17. The number of halogens is 1. The van der Waals surface area contributed by atoms with Crippen LogP contribution in [-0.4, -0.2) is 37.0 Å². The number of benzene rings is 1. The van der Waals surface area contributed by atoms with Crippen molar-refractivity contribution >= 4 is 18.0 Å². The standard InChI is InChI=1S/C16H18FNO3/c1-21-16(20)13-8-10-18(11-9-13)15(19)7-4-12-2-5-14(17)6-3-12/h2-7,13H,8-11H2,1H3. The summed E-state index contributed by atoms with van der Waals surface area (Å²) in [7, 11) is 1.38. The van der Waals surface area contributed by atoms with Crippen LogP contribution in [0.1, 0.15) is 18.4 Å². The van der Waals surface area contributed by atoms with Crippen LogP contribution in [0.15, 0.2) is 30.3 Å². The van der Waals surface area contributed by atoms with Gasteiger partial charge >= 0.3 is 5.97 Å². The number of carbonyl (C=O) groups excluding carboxylic acids is 2. The second-order valence-corrected chi connectivity index (χ2v) is 5.01. The molecule has 0 saturated carbocycles. The maximum Gasteiger partial charge on any atom is 0.308 e. The highest BCUT2D eigenvalue weighted by Crippen LogP contribution is 2.18. The lowest BCUT2D eigenvalue weighted by Crippen LogP contribution is -2.39. The predicted octanol–water partition coefficient (Wildman–Crippen LogP) is 2.25. The number of hydrogen-bond acceptors (Lipinski definition) is 3. The number of methoxy groups -OCH3 is 1. The topological polar surface area (TPSA) is 46.6 Å². The summed E-state index contributed by atoms with van der Waals surface area (Å²) in [5.41, 5.74) is 0.772. The van der Waals surface area contributed by atoms with E-state index in [0.29, 0.717) is 25.9 Å². The van der Waals surface area contributed by atoms with E-state index in [4.69, 9.17) is 4.74 Å². The van der Waals surface area contributed by atoms with Gasteiger partial charge in [-0.25, -0.2) is 4.39 Å². The number of likely N-dealkylation sites (tertiary alicyclic amines) is 1. The summed E-state index contributed by atoms with van der Waals surface area (Å²) in [6.45, 7) is 1.10. The fourth-order valence-electron chi connectivity index (χ4n) is 2.35. The van der Waals surface area contributed by atoms with Gasteiger partial charge in [0.2, 0.25) is 5.91 Å². The van der Waals surface area contributed by atoms with Crippen LogP contribution in [0, 0.1) is 11.7 Å². The van der Waals surface area contributed by atoms with E-state index >= 15 is 0 Å². The van der Waals surface area contributed by atoms with Crippen LogP contribution in [0.25, 0.3) is 6.08 Å². The van der Waals surface area contributed by atoms with Crippen molar-refractivity contribution in [2.75, 3.05) is 20.2 Å². The van der Waals surface area contributed by atoms with Gasteiger partial charge in [0.05, 0.1) is 13.0 Å². The lowest BCUT2D eigenvalue weighted by Gasteiger charge is -2.29. The minimum atomic E-state index is -0.302. The normalized spacial score (nSPS) is 16.2. The minimum Gasteiger partial charge on any atom is -0.469 e. The molecule has 0 aliphatic carbocycles. The third-order valence-electron chi connectivity index (χ3n) is 3.63. The molecule has 0 N–H and O–H groups in total. The number of carbonyl (C=O) groups is 2. The van der Waals surface area contributed by atoms with Gasteiger partial charge in [0.15, 0.2) is 0 Å². The predicted molar refractivity (Wildman–Crippen MR) is 76.8 cm³/mol.